The molecule has 3 nitrogen and oxygen atoms in total. The fourth-order valence-corrected chi connectivity index (χ4v) is 2.68. The number of likely N-dealkylation sites (N-methyl/N-ethyl adjacent to an activating group) is 1. The van der Waals surface area contributed by atoms with Crippen molar-refractivity contribution in [1.82, 2.24) is 9.80 Å². The molecule has 0 spiro atoms. The number of rotatable bonds is 3. The lowest BCUT2D eigenvalue weighted by Crippen LogP contribution is -2.56. The van der Waals surface area contributed by atoms with E-state index in [-0.39, 0.29) is 11.9 Å². The second-order valence-corrected chi connectivity index (χ2v) is 5.64. The lowest BCUT2D eigenvalue weighted by atomic mass is 9.94. The number of benzene rings is 1. The topological polar surface area (TPSA) is 23.6 Å². The van der Waals surface area contributed by atoms with Crippen LogP contribution in [0.25, 0.3) is 0 Å². The van der Waals surface area contributed by atoms with Crippen molar-refractivity contribution in [2.24, 2.45) is 0 Å². The summed E-state index contributed by atoms with van der Waals surface area (Å²) in [5.41, 5.74) is 1.63. The number of nitrogens with zero attached hydrogens (tertiary/aromatic N) is 2. The molecule has 3 heteroatoms. The Bertz CT molecular complexity index is 469. The van der Waals surface area contributed by atoms with Crippen molar-refractivity contribution in [1.29, 1.82) is 0 Å². The zero-order chi connectivity index (χ0) is 13.5. The highest BCUT2D eigenvalue weighted by atomic mass is 16.1. The van der Waals surface area contributed by atoms with Gasteiger partial charge in [-0.2, -0.15) is 0 Å². The second-order valence-electron chi connectivity index (χ2n) is 5.64. The average Bonchev–Trinajstić information content (AvgIpc) is 2.61. The minimum absolute atomic E-state index is 0.230. The van der Waals surface area contributed by atoms with Crippen LogP contribution in [-0.4, -0.2) is 48.4 Å². The van der Waals surface area contributed by atoms with Crippen molar-refractivity contribution in [3.05, 3.63) is 35.4 Å². The van der Waals surface area contributed by atoms with Gasteiger partial charge in [0.1, 0.15) is 0 Å². The van der Waals surface area contributed by atoms with Gasteiger partial charge >= 0.3 is 0 Å². The van der Waals surface area contributed by atoms with Gasteiger partial charge in [-0.05, 0) is 47.0 Å². The van der Waals surface area contributed by atoms with E-state index in [0.717, 1.165) is 12.0 Å². The van der Waals surface area contributed by atoms with Gasteiger partial charge in [-0.25, -0.2) is 0 Å². The maximum Gasteiger partial charge on any atom is 0.183 e. The number of hydrogen-bond donors (Lipinski definition) is 0. The van der Waals surface area contributed by atoms with E-state index in [0.29, 0.717) is 0 Å². The first-order valence-corrected chi connectivity index (χ1v) is 6.40. The SMILES string of the molecule is CC(N(C)C)N(C)C1(C)Cc2ccccc2C1=O. The average molecular weight is 246 g/mol. The van der Waals surface area contributed by atoms with Gasteiger partial charge in [-0.3, -0.25) is 14.6 Å². The van der Waals surface area contributed by atoms with Crippen LogP contribution in [0.15, 0.2) is 24.3 Å². The van der Waals surface area contributed by atoms with Gasteiger partial charge in [0.15, 0.2) is 5.78 Å². The van der Waals surface area contributed by atoms with Crippen molar-refractivity contribution in [3.8, 4) is 0 Å². The highest BCUT2D eigenvalue weighted by Gasteiger charge is 2.45. The van der Waals surface area contributed by atoms with Gasteiger partial charge < -0.3 is 0 Å². The molecule has 1 aromatic rings. The third-order valence-electron chi connectivity index (χ3n) is 4.37. The predicted molar refractivity (Wildman–Crippen MR) is 73.8 cm³/mol. The molecule has 2 unspecified atom stereocenters. The van der Waals surface area contributed by atoms with Crippen LogP contribution in [0, 0.1) is 0 Å². The number of fused-ring (bicyclic) bond motifs is 1. The summed E-state index contributed by atoms with van der Waals surface area (Å²) in [4.78, 5) is 16.9. The Balaban J connectivity index is 2.33. The molecular weight excluding hydrogens is 224 g/mol. The molecule has 2 rings (SSSR count). The molecule has 2 atom stereocenters. The molecule has 0 fully saturated rings. The molecule has 98 valence electrons. The first-order chi connectivity index (χ1) is 8.38. The standard InChI is InChI=1S/C15H22N2O/c1-11(16(3)4)17(5)15(2)10-12-8-6-7-9-13(12)14(15)18/h6-9,11H,10H2,1-5H3. The van der Waals surface area contributed by atoms with Crippen molar-refractivity contribution < 1.29 is 4.79 Å². The van der Waals surface area contributed by atoms with Gasteiger partial charge in [0.05, 0.1) is 11.7 Å². The van der Waals surface area contributed by atoms with Gasteiger partial charge in [0.2, 0.25) is 0 Å². The minimum atomic E-state index is -0.423. The molecule has 0 aromatic heterocycles. The Morgan fingerprint density at radius 3 is 2.39 bits per heavy atom. The largest absolute Gasteiger partial charge is 0.294 e. The number of hydrogen-bond acceptors (Lipinski definition) is 3. The summed E-state index contributed by atoms with van der Waals surface area (Å²) in [6.07, 6.45) is 1.03. The van der Waals surface area contributed by atoms with E-state index >= 15 is 0 Å². The van der Waals surface area contributed by atoms with Crippen LogP contribution in [0.5, 0.6) is 0 Å². The summed E-state index contributed by atoms with van der Waals surface area (Å²) < 4.78 is 0. The summed E-state index contributed by atoms with van der Waals surface area (Å²) in [6, 6.07) is 7.95. The molecule has 1 aliphatic carbocycles. The molecule has 0 N–H and O–H groups in total. The van der Waals surface area contributed by atoms with E-state index in [1.165, 1.54) is 5.56 Å². The highest BCUT2D eigenvalue weighted by molar-refractivity contribution is 6.07. The summed E-state index contributed by atoms with van der Waals surface area (Å²) in [6.45, 7) is 4.18. The Morgan fingerprint density at radius 1 is 1.22 bits per heavy atom. The minimum Gasteiger partial charge on any atom is -0.294 e. The smallest absolute Gasteiger partial charge is 0.183 e. The van der Waals surface area contributed by atoms with Crippen LogP contribution in [0.3, 0.4) is 0 Å². The Labute approximate surface area is 109 Å². The monoisotopic (exact) mass is 246 g/mol. The highest BCUT2D eigenvalue weighted by Crippen LogP contribution is 2.34. The third kappa shape index (κ3) is 1.88. The Hall–Kier alpha value is -1.19. The molecule has 0 amide bonds. The van der Waals surface area contributed by atoms with E-state index in [1.807, 2.05) is 39.3 Å². The van der Waals surface area contributed by atoms with Crippen molar-refractivity contribution in [2.45, 2.75) is 32.0 Å². The van der Waals surface area contributed by atoms with Crippen LogP contribution in [0.2, 0.25) is 0 Å². The van der Waals surface area contributed by atoms with E-state index in [1.54, 1.807) is 0 Å². The summed E-state index contributed by atoms with van der Waals surface area (Å²) in [7, 11) is 6.11. The first kappa shape index (κ1) is 13.2. The Morgan fingerprint density at radius 2 is 1.83 bits per heavy atom. The fraction of sp³-hybridized carbons (Fsp3) is 0.533. The van der Waals surface area contributed by atoms with Crippen LogP contribution in [0.1, 0.15) is 29.8 Å². The first-order valence-electron chi connectivity index (χ1n) is 6.40. The van der Waals surface area contributed by atoms with Crippen LogP contribution in [0.4, 0.5) is 0 Å². The molecule has 1 aromatic carbocycles. The molecule has 1 aliphatic rings. The fourth-order valence-electron chi connectivity index (χ4n) is 2.68. The van der Waals surface area contributed by atoms with E-state index in [4.69, 9.17) is 0 Å². The summed E-state index contributed by atoms with van der Waals surface area (Å²) >= 11 is 0. The van der Waals surface area contributed by atoms with Crippen LogP contribution in [-0.2, 0) is 6.42 Å². The predicted octanol–water partition coefficient (Wildman–Crippen LogP) is 2.02. The van der Waals surface area contributed by atoms with Crippen molar-refractivity contribution in [3.63, 3.8) is 0 Å². The lowest BCUT2D eigenvalue weighted by molar-refractivity contribution is 0.0269. The molecule has 0 saturated carbocycles. The number of ketones is 1. The molecular formula is C15H22N2O. The zero-order valence-corrected chi connectivity index (χ0v) is 11.9. The maximum atomic E-state index is 12.6. The molecule has 18 heavy (non-hydrogen) atoms. The number of Topliss-reactive ketones (excluding diaryl/α,β-unsaturated/α-hetero) is 1. The van der Waals surface area contributed by atoms with Gasteiger partial charge in [0, 0.05) is 5.56 Å². The molecule has 0 aliphatic heterocycles. The second kappa shape index (κ2) is 4.48. The van der Waals surface area contributed by atoms with Gasteiger partial charge in [-0.15, -0.1) is 0 Å². The van der Waals surface area contributed by atoms with E-state index in [2.05, 4.69) is 29.7 Å². The molecule has 0 saturated heterocycles. The third-order valence-corrected chi connectivity index (χ3v) is 4.37. The van der Waals surface area contributed by atoms with Crippen molar-refractivity contribution in [2.75, 3.05) is 21.1 Å². The molecule has 0 radical (unpaired) electrons. The molecule has 0 bridgehead atoms. The summed E-state index contributed by atoms with van der Waals surface area (Å²) in [5, 5.41) is 0. The number of carbonyl (C=O) groups excluding carboxylic acids is 1. The van der Waals surface area contributed by atoms with Crippen molar-refractivity contribution >= 4 is 5.78 Å². The lowest BCUT2D eigenvalue weighted by Gasteiger charge is -2.41. The summed E-state index contributed by atoms with van der Waals surface area (Å²) in [5.74, 6) is 0.245. The molecule has 0 heterocycles. The van der Waals surface area contributed by atoms with Gasteiger partial charge in [0.25, 0.3) is 0 Å². The van der Waals surface area contributed by atoms with Gasteiger partial charge in [-0.1, -0.05) is 24.3 Å². The van der Waals surface area contributed by atoms with Crippen LogP contribution < -0.4 is 0 Å². The zero-order valence-electron chi connectivity index (χ0n) is 11.9. The van der Waals surface area contributed by atoms with E-state index in [9.17, 15) is 4.79 Å². The van der Waals surface area contributed by atoms with E-state index < -0.39 is 5.54 Å². The Kier molecular flexibility index (Phi) is 3.30. The van der Waals surface area contributed by atoms with Crippen LogP contribution >= 0.6 is 0 Å². The maximum absolute atomic E-state index is 12.6. The quantitative estimate of drug-likeness (QED) is 0.762. The number of carbonyl (C=O) groups is 1. The normalized spacial score (nSPS) is 24.7.